The van der Waals surface area contributed by atoms with Gasteiger partial charge < -0.3 is 13.9 Å². The molecule has 0 aliphatic rings. The van der Waals surface area contributed by atoms with Crippen LogP contribution in [0, 0.1) is 0 Å². The fourth-order valence-corrected chi connectivity index (χ4v) is 9.36. The van der Waals surface area contributed by atoms with Crippen LogP contribution < -0.4 is 4.90 Å². The van der Waals surface area contributed by atoms with E-state index in [2.05, 4.69) is 228 Å². The largest absolute Gasteiger partial charge is 0.455 e. The predicted octanol–water partition coefficient (Wildman–Crippen LogP) is 16.3. The molecule has 2 heterocycles. The number of hydrogen-bond acceptors (Lipinski definition) is 2. The average molecular weight is 779 g/mol. The number of aromatic nitrogens is 1. The van der Waals surface area contributed by atoms with Crippen LogP contribution in [0.3, 0.4) is 0 Å². The molecule has 0 saturated carbocycles. The molecule has 61 heavy (non-hydrogen) atoms. The Morgan fingerprint density at radius 1 is 0.344 bits per heavy atom. The van der Waals surface area contributed by atoms with Crippen LogP contribution in [-0.2, 0) is 0 Å². The van der Waals surface area contributed by atoms with Crippen LogP contribution in [0.5, 0.6) is 0 Å². The molecule has 0 atom stereocenters. The van der Waals surface area contributed by atoms with Crippen LogP contribution in [0.1, 0.15) is 0 Å². The average Bonchev–Trinajstić information content (AvgIpc) is 3.88. The highest BCUT2D eigenvalue weighted by Crippen LogP contribution is 2.44. The van der Waals surface area contributed by atoms with Gasteiger partial charge in [-0.25, -0.2) is 0 Å². The Balaban J connectivity index is 1.03. The van der Waals surface area contributed by atoms with Gasteiger partial charge in [-0.15, -0.1) is 0 Å². The maximum Gasteiger partial charge on any atom is 0.143 e. The van der Waals surface area contributed by atoms with E-state index in [0.717, 1.165) is 66.9 Å². The van der Waals surface area contributed by atoms with Crippen molar-refractivity contribution >= 4 is 71.6 Å². The summed E-state index contributed by atoms with van der Waals surface area (Å²) in [7, 11) is 0. The number of hydrogen-bond donors (Lipinski definition) is 0. The topological polar surface area (TPSA) is 21.3 Å². The van der Waals surface area contributed by atoms with Gasteiger partial charge in [-0.1, -0.05) is 176 Å². The zero-order valence-corrected chi connectivity index (χ0v) is 33.2. The van der Waals surface area contributed by atoms with Crippen LogP contribution in [0.4, 0.5) is 17.1 Å². The molecule has 0 spiro atoms. The van der Waals surface area contributed by atoms with Gasteiger partial charge in [0.1, 0.15) is 11.2 Å². The van der Waals surface area contributed by atoms with E-state index in [1.165, 1.54) is 43.7 Å². The highest BCUT2D eigenvalue weighted by atomic mass is 16.3. The van der Waals surface area contributed by atoms with E-state index in [1.54, 1.807) is 0 Å². The molecule has 0 amide bonds. The van der Waals surface area contributed by atoms with Crippen molar-refractivity contribution in [3.8, 4) is 39.1 Å². The minimum Gasteiger partial charge on any atom is -0.455 e. The zero-order chi connectivity index (χ0) is 40.3. The number of anilines is 3. The first-order valence-corrected chi connectivity index (χ1v) is 20.8. The smallest absolute Gasteiger partial charge is 0.143 e. The summed E-state index contributed by atoms with van der Waals surface area (Å²) in [4.78, 5) is 2.39. The standard InChI is InChI=1S/C58H38N2O/c1-2-15-39(16-3-1)42-33-36-47(56(38-42)60-54-27-9-6-22-49(54)50-23-7-10-28-55(50)60)41-31-34-44(35-32-41)59(53-29-13-18-40-17-4-5-21-46(40)53)45-20-12-19-43(37-45)48-25-14-26-52-51-24-8-11-30-57(51)61-58(48)52/h1-38H. The second-order valence-corrected chi connectivity index (χ2v) is 15.7. The van der Waals surface area contributed by atoms with Gasteiger partial charge in [-0.3, -0.25) is 0 Å². The normalized spacial score (nSPS) is 11.6. The first-order valence-electron chi connectivity index (χ1n) is 20.8. The Morgan fingerprint density at radius 2 is 0.951 bits per heavy atom. The summed E-state index contributed by atoms with van der Waals surface area (Å²) in [5, 5.41) is 7.12. The van der Waals surface area contributed by atoms with Crippen molar-refractivity contribution < 1.29 is 4.42 Å². The van der Waals surface area contributed by atoms with Crippen molar-refractivity contribution in [2.75, 3.05) is 4.90 Å². The molecule has 12 rings (SSSR count). The molecular weight excluding hydrogens is 741 g/mol. The third kappa shape index (κ3) is 5.82. The van der Waals surface area contributed by atoms with Crippen LogP contribution in [0.2, 0.25) is 0 Å². The van der Waals surface area contributed by atoms with Crippen molar-refractivity contribution in [3.63, 3.8) is 0 Å². The summed E-state index contributed by atoms with van der Waals surface area (Å²) in [5.41, 5.74) is 15.4. The van der Waals surface area contributed by atoms with E-state index in [1.807, 2.05) is 12.1 Å². The van der Waals surface area contributed by atoms with Crippen molar-refractivity contribution in [2.24, 2.45) is 0 Å². The van der Waals surface area contributed by atoms with Crippen LogP contribution in [0.15, 0.2) is 235 Å². The Labute approximate surface area is 353 Å². The van der Waals surface area contributed by atoms with E-state index in [9.17, 15) is 0 Å². The summed E-state index contributed by atoms with van der Waals surface area (Å²) in [6.07, 6.45) is 0. The Hall–Kier alpha value is -8.14. The lowest BCUT2D eigenvalue weighted by molar-refractivity contribution is 0.670. The highest BCUT2D eigenvalue weighted by Gasteiger charge is 2.20. The molecule has 0 radical (unpaired) electrons. The van der Waals surface area contributed by atoms with Crippen molar-refractivity contribution in [2.45, 2.75) is 0 Å². The van der Waals surface area contributed by atoms with Gasteiger partial charge >= 0.3 is 0 Å². The second kappa shape index (κ2) is 14.3. The van der Waals surface area contributed by atoms with E-state index in [0.29, 0.717) is 0 Å². The minimum absolute atomic E-state index is 0.898. The van der Waals surface area contributed by atoms with Crippen molar-refractivity contribution in [1.82, 2.24) is 4.57 Å². The maximum atomic E-state index is 6.52. The first-order chi connectivity index (χ1) is 30.3. The Kier molecular flexibility index (Phi) is 8.17. The van der Waals surface area contributed by atoms with E-state index in [-0.39, 0.29) is 0 Å². The fourth-order valence-electron chi connectivity index (χ4n) is 9.36. The highest BCUT2D eigenvalue weighted by molar-refractivity contribution is 6.11. The first kappa shape index (κ1) is 34.9. The van der Waals surface area contributed by atoms with Crippen LogP contribution in [-0.4, -0.2) is 4.57 Å². The molecule has 0 N–H and O–H groups in total. The monoisotopic (exact) mass is 778 g/mol. The lowest BCUT2D eigenvalue weighted by Gasteiger charge is -2.27. The summed E-state index contributed by atoms with van der Waals surface area (Å²) in [6.45, 7) is 0. The molecule has 286 valence electrons. The number of benzene rings is 10. The van der Waals surface area contributed by atoms with Crippen molar-refractivity contribution in [1.29, 1.82) is 0 Å². The van der Waals surface area contributed by atoms with Gasteiger partial charge in [0.25, 0.3) is 0 Å². The van der Waals surface area contributed by atoms with E-state index >= 15 is 0 Å². The van der Waals surface area contributed by atoms with Gasteiger partial charge in [0.15, 0.2) is 0 Å². The molecule has 0 aliphatic heterocycles. The van der Waals surface area contributed by atoms with Gasteiger partial charge in [-0.05, 0) is 82.2 Å². The molecule has 3 heteroatoms. The summed E-state index contributed by atoms with van der Waals surface area (Å²) in [5.74, 6) is 0. The molecule has 12 aromatic rings. The molecular formula is C58H38N2O. The van der Waals surface area contributed by atoms with Gasteiger partial charge in [0.2, 0.25) is 0 Å². The maximum absolute atomic E-state index is 6.52. The molecule has 0 saturated heterocycles. The van der Waals surface area contributed by atoms with E-state index < -0.39 is 0 Å². The quantitative estimate of drug-likeness (QED) is 0.161. The third-order valence-electron chi connectivity index (χ3n) is 12.2. The second-order valence-electron chi connectivity index (χ2n) is 15.7. The fraction of sp³-hybridized carbons (Fsp3) is 0. The lowest BCUT2D eigenvalue weighted by Crippen LogP contribution is -2.10. The van der Waals surface area contributed by atoms with Gasteiger partial charge in [0.05, 0.1) is 22.4 Å². The SMILES string of the molecule is c1ccc(-c2ccc(-c3ccc(N(c4cccc(-c5cccc6c5oc5ccccc56)c4)c4cccc5ccccc45)cc3)c(-n3c4ccccc4c4ccccc43)c2)cc1. The molecule has 10 aromatic carbocycles. The molecule has 0 fully saturated rings. The lowest BCUT2D eigenvalue weighted by atomic mass is 9.97. The molecule has 2 aromatic heterocycles. The number of rotatable bonds is 7. The molecule has 0 unspecified atom stereocenters. The van der Waals surface area contributed by atoms with Gasteiger partial charge in [0, 0.05) is 49.4 Å². The Bertz CT molecular complexity index is 3540. The molecule has 3 nitrogen and oxygen atoms in total. The van der Waals surface area contributed by atoms with Crippen LogP contribution >= 0.6 is 0 Å². The number of nitrogens with zero attached hydrogens (tertiary/aromatic N) is 2. The summed E-state index contributed by atoms with van der Waals surface area (Å²) in [6, 6.07) is 83.0. The third-order valence-corrected chi connectivity index (χ3v) is 12.2. The Morgan fingerprint density at radius 3 is 1.75 bits per heavy atom. The molecule has 0 bridgehead atoms. The number of fused-ring (bicyclic) bond motifs is 7. The minimum atomic E-state index is 0.898. The zero-order valence-electron chi connectivity index (χ0n) is 33.2. The number of furan rings is 1. The summed E-state index contributed by atoms with van der Waals surface area (Å²) < 4.78 is 8.96. The van der Waals surface area contributed by atoms with Crippen LogP contribution in [0.25, 0.3) is 93.6 Å². The molecule has 0 aliphatic carbocycles. The van der Waals surface area contributed by atoms with Crippen molar-refractivity contribution in [3.05, 3.63) is 231 Å². The van der Waals surface area contributed by atoms with Gasteiger partial charge in [-0.2, -0.15) is 0 Å². The van der Waals surface area contributed by atoms with E-state index in [4.69, 9.17) is 4.42 Å². The predicted molar refractivity (Wildman–Crippen MR) is 257 cm³/mol. The number of para-hydroxylation sites is 4. The summed E-state index contributed by atoms with van der Waals surface area (Å²) >= 11 is 0.